The minimum Gasteiger partial charge on any atom is -0.467 e. The molecule has 1 amide bonds. The van der Waals surface area contributed by atoms with E-state index in [1.165, 1.54) is 14.0 Å². The number of aromatic amines is 1. The Labute approximate surface area is 117 Å². The van der Waals surface area contributed by atoms with Crippen LogP contribution in [0.25, 0.3) is 10.9 Å². The molecule has 1 heterocycles. The number of esters is 1. The lowest BCUT2D eigenvalue weighted by atomic mass is 9.91. The maximum atomic E-state index is 12.1. The van der Waals surface area contributed by atoms with Gasteiger partial charge >= 0.3 is 5.97 Å². The largest absolute Gasteiger partial charge is 0.467 e. The summed E-state index contributed by atoms with van der Waals surface area (Å²) in [4.78, 5) is 26.7. The zero-order valence-electron chi connectivity index (χ0n) is 12.0. The van der Waals surface area contributed by atoms with E-state index in [1.807, 2.05) is 25.1 Å². The van der Waals surface area contributed by atoms with Gasteiger partial charge in [0, 0.05) is 29.6 Å². The fourth-order valence-corrected chi connectivity index (χ4v) is 2.43. The van der Waals surface area contributed by atoms with Crippen LogP contribution in [-0.2, 0) is 19.9 Å². The molecule has 0 spiro atoms. The minimum atomic E-state index is -1.22. The molecule has 0 aliphatic carbocycles. The number of amides is 1. The van der Waals surface area contributed by atoms with Gasteiger partial charge in [0.15, 0.2) is 5.54 Å². The van der Waals surface area contributed by atoms with Crippen LogP contribution < -0.4 is 5.32 Å². The van der Waals surface area contributed by atoms with Gasteiger partial charge in [-0.25, -0.2) is 4.79 Å². The standard InChI is InChI=1S/C15H18N2O3/c1-9-5-6-13-11(7-9)12(8-16-13)15(3,14(19)20-4)17-10(2)18/h5-8,16H,1-4H3,(H,17,18). The van der Waals surface area contributed by atoms with Gasteiger partial charge in [-0.3, -0.25) is 4.79 Å². The van der Waals surface area contributed by atoms with Crippen molar-refractivity contribution in [2.24, 2.45) is 0 Å². The minimum absolute atomic E-state index is 0.292. The molecule has 1 unspecified atom stereocenters. The Bertz CT molecular complexity index is 675. The summed E-state index contributed by atoms with van der Waals surface area (Å²) in [6, 6.07) is 5.90. The molecule has 1 aromatic carbocycles. The molecule has 0 aliphatic heterocycles. The summed E-state index contributed by atoms with van der Waals surface area (Å²) in [5, 5.41) is 3.58. The average molecular weight is 274 g/mol. The van der Waals surface area contributed by atoms with Crippen LogP contribution >= 0.6 is 0 Å². The van der Waals surface area contributed by atoms with Crippen molar-refractivity contribution >= 4 is 22.8 Å². The number of carbonyl (C=O) groups is 2. The van der Waals surface area contributed by atoms with Crippen LogP contribution in [0.15, 0.2) is 24.4 Å². The molecule has 2 rings (SSSR count). The first-order valence-corrected chi connectivity index (χ1v) is 6.34. The molecular weight excluding hydrogens is 256 g/mol. The average Bonchev–Trinajstić information content (AvgIpc) is 2.80. The first-order valence-electron chi connectivity index (χ1n) is 6.34. The SMILES string of the molecule is COC(=O)C(C)(NC(C)=O)c1c[nH]c2ccc(C)cc12. The van der Waals surface area contributed by atoms with Crippen molar-refractivity contribution in [2.45, 2.75) is 26.3 Å². The Morgan fingerprint density at radius 2 is 2.05 bits per heavy atom. The van der Waals surface area contributed by atoms with Gasteiger partial charge in [-0.15, -0.1) is 0 Å². The third-order valence-corrected chi connectivity index (χ3v) is 3.40. The number of H-pyrrole nitrogens is 1. The van der Waals surface area contributed by atoms with Crippen LogP contribution in [0.1, 0.15) is 25.0 Å². The number of hydrogen-bond donors (Lipinski definition) is 2. The van der Waals surface area contributed by atoms with Gasteiger partial charge in [-0.05, 0) is 26.0 Å². The molecule has 5 nitrogen and oxygen atoms in total. The summed E-state index contributed by atoms with van der Waals surface area (Å²) in [7, 11) is 1.31. The molecule has 2 N–H and O–H groups in total. The highest BCUT2D eigenvalue weighted by Crippen LogP contribution is 2.30. The van der Waals surface area contributed by atoms with Crippen molar-refractivity contribution in [3.05, 3.63) is 35.5 Å². The lowest BCUT2D eigenvalue weighted by molar-refractivity contribution is -0.150. The smallest absolute Gasteiger partial charge is 0.336 e. The van der Waals surface area contributed by atoms with Crippen LogP contribution in [0.3, 0.4) is 0 Å². The second kappa shape index (κ2) is 5.00. The first kappa shape index (κ1) is 14.1. The van der Waals surface area contributed by atoms with Gasteiger partial charge in [0.1, 0.15) is 0 Å². The number of nitrogens with one attached hydrogen (secondary N) is 2. The third kappa shape index (κ3) is 2.27. The van der Waals surface area contributed by atoms with Crippen molar-refractivity contribution in [1.82, 2.24) is 10.3 Å². The number of aryl methyl sites for hydroxylation is 1. The van der Waals surface area contributed by atoms with Crippen molar-refractivity contribution < 1.29 is 14.3 Å². The Balaban J connectivity index is 2.65. The van der Waals surface area contributed by atoms with Gasteiger partial charge in [0.25, 0.3) is 0 Å². The van der Waals surface area contributed by atoms with Gasteiger partial charge in [-0.1, -0.05) is 11.6 Å². The molecule has 2 aromatic rings. The molecule has 0 aliphatic rings. The quantitative estimate of drug-likeness (QED) is 0.841. The molecule has 0 bridgehead atoms. The normalized spacial score (nSPS) is 13.8. The predicted molar refractivity (Wildman–Crippen MR) is 76.2 cm³/mol. The highest BCUT2D eigenvalue weighted by Gasteiger charge is 2.39. The van der Waals surface area contributed by atoms with Crippen molar-refractivity contribution in [3.63, 3.8) is 0 Å². The van der Waals surface area contributed by atoms with E-state index >= 15 is 0 Å². The highest BCUT2D eigenvalue weighted by molar-refractivity contribution is 5.95. The number of methoxy groups -OCH3 is 1. The topological polar surface area (TPSA) is 71.2 Å². The molecule has 20 heavy (non-hydrogen) atoms. The fourth-order valence-electron chi connectivity index (χ4n) is 2.43. The number of aromatic nitrogens is 1. The van der Waals surface area contributed by atoms with Gasteiger partial charge in [-0.2, -0.15) is 0 Å². The molecule has 0 saturated heterocycles. The number of hydrogen-bond acceptors (Lipinski definition) is 3. The Kier molecular flexibility index (Phi) is 3.53. The van der Waals surface area contributed by atoms with Crippen LogP contribution in [0.4, 0.5) is 0 Å². The predicted octanol–water partition coefficient (Wildman–Crippen LogP) is 2.00. The van der Waals surface area contributed by atoms with Gasteiger partial charge < -0.3 is 15.0 Å². The van der Waals surface area contributed by atoms with Crippen LogP contribution in [-0.4, -0.2) is 24.0 Å². The summed E-state index contributed by atoms with van der Waals surface area (Å²) in [5.74, 6) is -0.796. The number of fused-ring (bicyclic) bond motifs is 1. The maximum Gasteiger partial charge on any atom is 0.336 e. The van der Waals surface area contributed by atoms with Crippen LogP contribution in [0.5, 0.6) is 0 Å². The van der Waals surface area contributed by atoms with Crippen molar-refractivity contribution in [1.29, 1.82) is 0 Å². The van der Waals surface area contributed by atoms with E-state index in [0.29, 0.717) is 5.56 Å². The highest BCUT2D eigenvalue weighted by atomic mass is 16.5. The van der Waals surface area contributed by atoms with Crippen molar-refractivity contribution in [3.8, 4) is 0 Å². The summed E-state index contributed by atoms with van der Waals surface area (Å²) in [5.41, 5.74) is 1.46. The molecule has 5 heteroatoms. The molecule has 106 valence electrons. The second-order valence-electron chi connectivity index (χ2n) is 5.05. The van der Waals surface area contributed by atoms with E-state index in [4.69, 9.17) is 4.74 Å². The van der Waals surface area contributed by atoms with E-state index < -0.39 is 11.5 Å². The summed E-state index contributed by atoms with van der Waals surface area (Å²) in [6.07, 6.45) is 1.73. The van der Waals surface area contributed by atoms with Gasteiger partial charge in [0.05, 0.1) is 7.11 Å². The van der Waals surface area contributed by atoms with E-state index in [2.05, 4.69) is 10.3 Å². The molecular formula is C15H18N2O3. The number of rotatable bonds is 3. The lowest BCUT2D eigenvalue weighted by Crippen LogP contribution is -2.49. The Morgan fingerprint density at radius 3 is 2.65 bits per heavy atom. The Hall–Kier alpha value is -2.30. The maximum absolute atomic E-state index is 12.1. The second-order valence-corrected chi connectivity index (χ2v) is 5.05. The molecule has 0 radical (unpaired) electrons. The lowest BCUT2D eigenvalue weighted by Gasteiger charge is -2.27. The number of ether oxygens (including phenoxy) is 1. The molecule has 0 fully saturated rings. The van der Waals surface area contributed by atoms with Crippen molar-refractivity contribution in [2.75, 3.05) is 7.11 Å². The zero-order valence-corrected chi connectivity index (χ0v) is 12.0. The summed E-state index contributed by atoms with van der Waals surface area (Å²) >= 11 is 0. The molecule has 1 atom stereocenters. The summed E-state index contributed by atoms with van der Waals surface area (Å²) in [6.45, 7) is 5.00. The van der Waals surface area contributed by atoms with Crippen LogP contribution in [0, 0.1) is 6.92 Å². The van der Waals surface area contributed by atoms with E-state index in [0.717, 1.165) is 16.5 Å². The van der Waals surface area contributed by atoms with Crippen LogP contribution in [0.2, 0.25) is 0 Å². The third-order valence-electron chi connectivity index (χ3n) is 3.40. The monoisotopic (exact) mass is 274 g/mol. The fraction of sp³-hybridized carbons (Fsp3) is 0.333. The van der Waals surface area contributed by atoms with E-state index in [-0.39, 0.29) is 5.91 Å². The zero-order chi connectivity index (χ0) is 14.9. The van der Waals surface area contributed by atoms with E-state index in [1.54, 1.807) is 13.1 Å². The number of carbonyl (C=O) groups excluding carboxylic acids is 2. The summed E-state index contributed by atoms with van der Waals surface area (Å²) < 4.78 is 4.85. The number of benzene rings is 1. The van der Waals surface area contributed by atoms with E-state index in [9.17, 15) is 9.59 Å². The van der Waals surface area contributed by atoms with Gasteiger partial charge in [0.2, 0.25) is 5.91 Å². The first-order chi connectivity index (χ1) is 9.38. The molecule has 0 saturated carbocycles. The molecule has 1 aromatic heterocycles. The Morgan fingerprint density at radius 1 is 1.35 bits per heavy atom.